The number of para-hydroxylation sites is 1. The van der Waals surface area contributed by atoms with Crippen molar-refractivity contribution in [3.8, 4) is 55.9 Å². The van der Waals surface area contributed by atoms with Crippen LogP contribution in [0.25, 0.3) is 99.4 Å². The summed E-state index contributed by atoms with van der Waals surface area (Å²) < 4.78 is 6.04. The second-order valence-electron chi connectivity index (χ2n) is 13.2. The van der Waals surface area contributed by atoms with Crippen LogP contribution in [-0.2, 0) is 0 Å². The van der Waals surface area contributed by atoms with Crippen LogP contribution in [0.5, 0.6) is 0 Å². The maximum atomic E-state index is 6.04. The monoisotopic (exact) mass is 649 g/mol. The molecule has 10 rings (SSSR count). The van der Waals surface area contributed by atoms with Gasteiger partial charge in [0.25, 0.3) is 0 Å². The zero-order valence-corrected chi connectivity index (χ0v) is 27.8. The Balaban J connectivity index is 0.986. The first-order chi connectivity index (χ1) is 25.2. The number of hydrogen-bond donors (Lipinski definition) is 0. The quantitative estimate of drug-likeness (QED) is 0.173. The van der Waals surface area contributed by atoms with E-state index in [1.54, 1.807) is 0 Å². The number of furan rings is 1. The summed E-state index contributed by atoms with van der Waals surface area (Å²) in [6, 6.07) is 67.0. The number of pyridine rings is 1. The first-order valence-electron chi connectivity index (χ1n) is 17.4. The van der Waals surface area contributed by atoms with E-state index >= 15 is 0 Å². The van der Waals surface area contributed by atoms with Gasteiger partial charge in [0.15, 0.2) is 0 Å². The maximum absolute atomic E-state index is 6.04. The molecule has 2 heteroatoms. The van der Waals surface area contributed by atoms with Gasteiger partial charge in [0.2, 0.25) is 0 Å². The second-order valence-corrected chi connectivity index (χ2v) is 13.2. The number of hydrogen-bond acceptors (Lipinski definition) is 2. The van der Waals surface area contributed by atoms with E-state index < -0.39 is 0 Å². The second kappa shape index (κ2) is 12.0. The van der Waals surface area contributed by atoms with Crippen molar-refractivity contribution < 1.29 is 4.42 Å². The third-order valence-corrected chi connectivity index (χ3v) is 10.1. The van der Waals surface area contributed by atoms with Gasteiger partial charge in [0, 0.05) is 21.9 Å². The van der Waals surface area contributed by atoms with Crippen LogP contribution in [-0.4, -0.2) is 4.98 Å². The van der Waals surface area contributed by atoms with Crippen molar-refractivity contribution in [2.75, 3.05) is 0 Å². The summed E-state index contributed by atoms with van der Waals surface area (Å²) in [5.41, 5.74) is 13.0. The third-order valence-electron chi connectivity index (χ3n) is 10.1. The van der Waals surface area contributed by atoms with Gasteiger partial charge in [0.1, 0.15) is 11.2 Å². The number of aromatic nitrogens is 1. The predicted molar refractivity (Wildman–Crippen MR) is 214 cm³/mol. The molecule has 0 radical (unpaired) electrons. The molecule has 0 aliphatic rings. The number of fused-ring (bicyclic) bond motifs is 6. The van der Waals surface area contributed by atoms with Gasteiger partial charge in [-0.05, 0) is 91.3 Å². The minimum atomic E-state index is 0.917. The molecule has 0 atom stereocenters. The van der Waals surface area contributed by atoms with Gasteiger partial charge >= 0.3 is 0 Å². The van der Waals surface area contributed by atoms with Crippen LogP contribution in [0.4, 0.5) is 0 Å². The number of benzene rings is 8. The van der Waals surface area contributed by atoms with E-state index in [4.69, 9.17) is 9.40 Å². The van der Waals surface area contributed by atoms with Crippen molar-refractivity contribution in [2.24, 2.45) is 0 Å². The Hall–Kier alpha value is -6.77. The fourth-order valence-corrected chi connectivity index (χ4v) is 7.39. The minimum Gasteiger partial charge on any atom is -0.456 e. The van der Waals surface area contributed by atoms with E-state index in [0.717, 1.165) is 55.6 Å². The molecule has 10 aromatic rings. The minimum absolute atomic E-state index is 0.917. The van der Waals surface area contributed by atoms with E-state index in [0.29, 0.717) is 0 Å². The van der Waals surface area contributed by atoms with Crippen LogP contribution >= 0.6 is 0 Å². The molecule has 2 nitrogen and oxygen atoms in total. The number of rotatable bonds is 5. The highest BCUT2D eigenvalue weighted by Gasteiger charge is 2.12. The molecule has 0 saturated heterocycles. The summed E-state index contributed by atoms with van der Waals surface area (Å²) in [7, 11) is 0. The average Bonchev–Trinajstić information content (AvgIpc) is 3.59. The molecule has 8 aromatic carbocycles. The predicted octanol–water partition coefficient (Wildman–Crippen LogP) is 13.6. The summed E-state index contributed by atoms with van der Waals surface area (Å²) in [5, 5.41) is 7.29. The topological polar surface area (TPSA) is 26.0 Å². The summed E-state index contributed by atoms with van der Waals surface area (Å²) in [6.07, 6.45) is 0. The first kappa shape index (κ1) is 29.2. The molecule has 0 aliphatic carbocycles. The number of nitrogens with zero attached hydrogens (tertiary/aromatic N) is 1. The molecular weight excluding hydrogens is 619 g/mol. The molecule has 0 fully saturated rings. The highest BCUT2D eigenvalue weighted by molar-refractivity contribution is 6.08. The summed E-state index contributed by atoms with van der Waals surface area (Å²) in [5.74, 6) is 0. The van der Waals surface area contributed by atoms with Gasteiger partial charge in [-0.3, -0.25) is 0 Å². The summed E-state index contributed by atoms with van der Waals surface area (Å²) in [6.45, 7) is 0. The van der Waals surface area contributed by atoms with Crippen molar-refractivity contribution >= 4 is 43.5 Å². The maximum Gasteiger partial charge on any atom is 0.135 e. The van der Waals surface area contributed by atoms with Crippen molar-refractivity contribution in [3.63, 3.8) is 0 Å². The third kappa shape index (κ3) is 5.26. The van der Waals surface area contributed by atoms with Crippen LogP contribution in [0, 0.1) is 0 Å². The van der Waals surface area contributed by atoms with Crippen molar-refractivity contribution in [1.29, 1.82) is 0 Å². The molecule has 51 heavy (non-hydrogen) atoms. The van der Waals surface area contributed by atoms with Crippen LogP contribution in [0.15, 0.2) is 192 Å². The molecule has 0 N–H and O–H groups in total. The SMILES string of the molecule is c1ccc(-c2cc(-c3ccc(-c4ccc(-c5ccc6oc7ccccc7c6c5)cc4)cc3)cc(-c3ccc4c(ccc5ccccc54)c3)n2)cc1. The molecule has 0 unspecified atom stereocenters. The molecule has 0 amide bonds. The molecule has 2 heterocycles. The fraction of sp³-hybridized carbons (Fsp3) is 0. The van der Waals surface area contributed by atoms with Crippen molar-refractivity contribution in [1.82, 2.24) is 4.98 Å². The fourth-order valence-electron chi connectivity index (χ4n) is 7.39. The van der Waals surface area contributed by atoms with Gasteiger partial charge in [-0.1, -0.05) is 152 Å². The molecule has 0 saturated carbocycles. The van der Waals surface area contributed by atoms with E-state index in [9.17, 15) is 0 Å². The molecule has 0 aliphatic heterocycles. The normalized spacial score (nSPS) is 11.5. The zero-order valence-electron chi connectivity index (χ0n) is 27.8. The van der Waals surface area contributed by atoms with E-state index in [1.165, 1.54) is 43.8 Å². The van der Waals surface area contributed by atoms with Crippen molar-refractivity contribution in [2.45, 2.75) is 0 Å². The van der Waals surface area contributed by atoms with Gasteiger partial charge in [-0.25, -0.2) is 4.98 Å². The Labute approximate surface area is 295 Å². The lowest BCUT2D eigenvalue weighted by Crippen LogP contribution is -1.91. The summed E-state index contributed by atoms with van der Waals surface area (Å²) >= 11 is 0. The Bertz CT molecular complexity index is 2880. The van der Waals surface area contributed by atoms with Crippen LogP contribution in [0.1, 0.15) is 0 Å². The molecule has 2 aromatic heterocycles. The first-order valence-corrected chi connectivity index (χ1v) is 17.4. The highest BCUT2D eigenvalue weighted by atomic mass is 16.3. The lowest BCUT2D eigenvalue weighted by Gasteiger charge is -2.12. The highest BCUT2D eigenvalue weighted by Crippen LogP contribution is 2.36. The van der Waals surface area contributed by atoms with Crippen LogP contribution in [0.2, 0.25) is 0 Å². The Morgan fingerprint density at radius 2 is 0.804 bits per heavy atom. The van der Waals surface area contributed by atoms with Gasteiger partial charge in [0.05, 0.1) is 11.4 Å². The lowest BCUT2D eigenvalue weighted by atomic mass is 9.95. The van der Waals surface area contributed by atoms with Gasteiger partial charge in [-0.2, -0.15) is 0 Å². The average molecular weight is 650 g/mol. The lowest BCUT2D eigenvalue weighted by molar-refractivity contribution is 0.669. The van der Waals surface area contributed by atoms with E-state index in [1.807, 2.05) is 18.2 Å². The van der Waals surface area contributed by atoms with Gasteiger partial charge in [-0.15, -0.1) is 0 Å². The van der Waals surface area contributed by atoms with Crippen molar-refractivity contribution in [3.05, 3.63) is 188 Å². The smallest absolute Gasteiger partial charge is 0.135 e. The van der Waals surface area contributed by atoms with Gasteiger partial charge < -0.3 is 4.42 Å². The Morgan fingerprint density at radius 3 is 1.57 bits per heavy atom. The molecule has 238 valence electrons. The molecular formula is C49H31NO. The van der Waals surface area contributed by atoms with Crippen LogP contribution in [0.3, 0.4) is 0 Å². The van der Waals surface area contributed by atoms with E-state index in [-0.39, 0.29) is 0 Å². The molecule has 0 bridgehead atoms. The Kier molecular flexibility index (Phi) is 6.85. The van der Waals surface area contributed by atoms with E-state index in [2.05, 4.69) is 170 Å². The largest absolute Gasteiger partial charge is 0.456 e. The standard InChI is InChI=1S/C49H31NO/c1-2-9-37(10-3-1)46-30-41(31-47(50-46)40-24-26-43-39(28-40)23-22-36-8-4-5-11-42(36)43)35-20-16-33(17-21-35)32-14-18-34(19-15-32)38-25-27-49-45(29-38)44-12-6-7-13-48(44)51-49/h1-31H. The summed E-state index contributed by atoms with van der Waals surface area (Å²) in [4.78, 5) is 5.19. The zero-order chi connectivity index (χ0) is 33.7. The van der Waals surface area contributed by atoms with Crippen LogP contribution < -0.4 is 0 Å². The Morgan fingerprint density at radius 1 is 0.275 bits per heavy atom. The molecule has 0 spiro atoms.